The van der Waals surface area contributed by atoms with Crippen LogP contribution in [0.3, 0.4) is 0 Å². The van der Waals surface area contributed by atoms with E-state index >= 15 is 0 Å². The van der Waals surface area contributed by atoms with Crippen molar-refractivity contribution in [1.82, 2.24) is 20.2 Å². The molecule has 1 fully saturated rings. The quantitative estimate of drug-likeness (QED) is 0.559. The molecule has 0 bridgehead atoms. The number of esters is 1. The fourth-order valence-electron chi connectivity index (χ4n) is 2.66. The van der Waals surface area contributed by atoms with E-state index in [2.05, 4.69) is 15.5 Å². The first-order valence-corrected chi connectivity index (χ1v) is 10.5. The minimum absolute atomic E-state index is 0.0157. The third kappa shape index (κ3) is 4.37. The molecular formula is C15H18N4O4S2. The van der Waals surface area contributed by atoms with Crippen LogP contribution >= 0.6 is 11.8 Å². The Balaban J connectivity index is 1.63. The van der Waals surface area contributed by atoms with Gasteiger partial charge in [0.25, 0.3) is 0 Å². The van der Waals surface area contributed by atoms with Gasteiger partial charge in [0.05, 0.1) is 22.9 Å². The van der Waals surface area contributed by atoms with Crippen molar-refractivity contribution < 1.29 is 17.9 Å². The lowest BCUT2D eigenvalue weighted by Gasteiger charge is -2.10. The number of benzene rings is 1. The summed E-state index contributed by atoms with van der Waals surface area (Å²) in [5.74, 6) is -0.475. The molecule has 25 heavy (non-hydrogen) atoms. The number of sulfone groups is 1. The van der Waals surface area contributed by atoms with Crippen molar-refractivity contribution in [2.24, 2.45) is 0 Å². The topological polar surface area (TPSA) is 104 Å². The van der Waals surface area contributed by atoms with Crippen LogP contribution < -0.4 is 0 Å². The lowest BCUT2D eigenvalue weighted by molar-refractivity contribution is -0.144. The Bertz CT molecular complexity index is 895. The molecular weight excluding hydrogens is 364 g/mol. The second kappa shape index (κ2) is 7.12. The Morgan fingerprint density at radius 3 is 2.88 bits per heavy atom. The van der Waals surface area contributed by atoms with Crippen molar-refractivity contribution in [3.63, 3.8) is 0 Å². The van der Waals surface area contributed by atoms with Crippen LogP contribution in [0.2, 0.25) is 0 Å². The number of rotatable bonds is 5. The Morgan fingerprint density at radius 1 is 1.40 bits per heavy atom. The van der Waals surface area contributed by atoms with Gasteiger partial charge >= 0.3 is 5.97 Å². The summed E-state index contributed by atoms with van der Waals surface area (Å²) >= 11 is 1.16. The standard InChI is InChI=1S/C15H18N4O4S2/c1-10-3-4-13(11(2)7-10)19-15(16-17-18-19)24-8-14(20)23-12-5-6-25(21,22)9-12/h3-4,7,12H,5-6,8-9H2,1-2H3/t12-/m0/s1. The number of hydrogen-bond donors (Lipinski definition) is 0. The number of carbonyl (C=O) groups is 1. The van der Waals surface area contributed by atoms with E-state index in [1.54, 1.807) is 4.68 Å². The Morgan fingerprint density at radius 2 is 2.20 bits per heavy atom. The Hall–Kier alpha value is -1.94. The molecule has 2 heterocycles. The lowest BCUT2D eigenvalue weighted by atomic mass is 10.1. The van der Waals surface area contributed by atoms with Crippen molar-refractivity contribution in [2.75, 3.05) is 17.3 Å². The van der Waals surface area contributed by atoms with Crippen LogP contribution in [-0.4, -0.2) is 58.0 Å². The normalized spacial score (nSPS) is 19.0. The summed E-state index contributed by atoms with van der Waals surface area (Å²) < 4.78 is 29.6. The van der Waals surface area contributed by atoms with E-state index in [1.165, 1.54) is 0 Å². The smallest absolute Gasteiger partial charge is 0.316 e. The van der Waals surface area contributed by atoms with E-state index in [-0.39, 0.29) is 17.3 Å². The van der Waals surface area contributed by atoms with Gasteiger partial charge in [-0.2, -0.15) is 4.68 Å². The van der Waals surface area contributed by atoms with Crippen LogP contribution in [0.25, 0.3) is 5.69 Å². The van der Waals surface area contributed by atoms with Gasteiger partial charge in [0.1, 0.15) is 6.10 Å². The molecule has 0 unspecified atom stereocenters. The van der Waals surface area contributed by atoms with Gasteiger partial charge < -0.3 is 4.74 Å². The molecule has 10 heteroatoms. The predicted octanol–water partition coefficient (Wildman–Crippen LogP) is 1.10. The molecule has 1 aliphatic heterocycles. The van der Waals surface area contributed by atoms with Crippen LogP contribution in [0.15, 0.2) is 23.4 Å². The molecule has 1 saturated heterocycles. The van der Waals surface area contributed by atoms with Crippen molar-refractivity contribution in [3.05, 3.63) is 29.3 Å². The molecule has 0 amide bonds. The highest BCUT2D eigenvalue weighted by Gasteiger charge is 2.30. The van der Waals surface area contributed by atoms with Gasteiger partial charge in [0, 0.05) is 0 Å². The molecule has 1 aromatic heterocycles. The first-order chi connectivity index (χ1) is 11.8. The van der Waals surface area contributed by atoms with Crippen molar-refractivity contribution in [2.45, 2.75) is 31.5 Å². The highest BCUT2D eigenvalue weighted by molar-refractivity contribution is 7.99. The maximum Gasteiger partial charge on any atom is 0.316 e. The van der Waals surface area contributed by atoms with Crippen LogP contribution in [0.1, 0.15) is 17.5 Å². The average Bonchev–Trinajstić information content (AvgIpc) is 3.11. The van der Waals surface area contributed by atoms with Crippen molar-refractivity contribution >= 4 is 27.6 Å². The monoisotopic (exact) mass is 382 g/mol. The first kappa shape index (κ1) is 17.9. The van der Waals surface area contributed by atoms with Gasteiger partial charge in [-0.15, -0.1) is 5.10 Å². The molecule has 0 radical (unpaired) electrons. The van der Waals surface area contributed by atoms with E-state index in [1.807, 2.05) is 32.0 Å². The maximum absolute atomic E-state index is 11.9. The van der Waals surface area contributed by atoms with Gasteiger partial charge in [0.2, 0.25) is 5.16 Å². The summed E-state index contributed by atoms with van der Waals surface area (Å²) in [5.41, 5.74) is 3.00. The number of hydrogen-bond acceptors (Lipinski definition) is 8. The number of ether oxygens (including phenoxy) is 1. The van der Waals surface area contributed by atoms with E-state index in [9.17, 15) is 13.2 Å². The minimum Gasteiger partial charge on any atom is -0.461 e. The summed E-state index contributed by atoms with van der Waals surface area (Å²) in [6.07, 6.45) is -0.188. The van der Waals surface area contributed by atoms with Crippen LogP contribution in [-0.2, 0) is 19.4 Å². The number of thioether (sulfide) groups is 1. The van der Waals surface area contributed by atoms with Gasteiger partial charge in [-0.1, -0.05) is 29.5 Å². The van der Waals surface area contributed by atoms with Gasteiger partial charge in [0.15, 0.2) is 9.84 Å². The fourth-order valence-corrected chi connectivity index (χ4v) is 4.92. The summed E-state index contributed by atoms with van der Waals surface area (Å²) in [5, 5.41) is 12.1. The molecule has 0 aliphatic carbocycles. The average molecular weight is 382 g/mol. The van der Waals surface area contributed by atoms with Gasteiger partial charge in [-0.3, -0.25) is 4.79 Å². The number of aromatic nitrogens is 4. The van der Waals surface area contributed by atoms with Crippen LogP contribution in [0.4, 0.5) is 0 Å². The SMILES string of the molecule is Cc1ccc(-n2nnnc2SCC(=O)O[C@H]2CCS(=O)(=O)C2)c(C)c1. The molecule has 0 N–H and O–H groups in total. The number of aryl methyl sites for hydroxylation is 2. The second-order valence-corrected chi connectivity index (χ2v) is 9.14. The summed E-state index contributed by atoms with van der Waals surface area (Å²) in [4.78, 5) is 11.9. The molecule has 2 aromatic rings. The third-order valence-corrected chi connectivity index (χ3v) is 6.46. The van der Waals surface area contributed by atoms with E-state index in [0.717, 1.165) is 28.6 Å². The van der Waals surface area contributed by atoms with Crippen molar-refractivity contribution in [1.29, 1.82) is 0 Å². The molecule has 1 aliphatic rings. The molecule has 0 saturated carbocycles. The zero-order valence-electron chi connectivity index (χ0n) is 13.9. The number of tetrazole rings is 1. The Kier molecular flexibility index (Phi) is 5.09. The van der Waals surface area contributed by atoms with Crippen molar-refractivity contribution in [3.8, 4) is 5.69 Å². The van der Waals surface area contributed by atoms with E-state index in [0.29, 0.717) is 11.6 Å². The molecule has 8 nitrogen and oxygen atoms in total. The minimum atomic E-state index is -3.07. The third-order valence-electron chi connectivity index (χ3n) is 3.83. The fraction of sp³-hybridized carbons (Fsp3) is 0.467. The zero-order valence-corrected chi connectivity index (χ0v) is 15.5. The van der Waals surface area contributed by atoms with E-state index < -0.39 is 21.9 Å². The molecule has 3 rings (SSSR count). The highest BCUT2D eigenvalue weighted by atomic mass is 32.2. The lowest BCUT2D eigenvalue weighted by Crippen LogP contribution is -2.20. The first-order valence-electron chi connectivity index (χ1n) is 7.73. The number of carbonyl (C=O) groups excluding carboxylic acids is 1. The molecule has 1 atom stereocenters. The molecule has 1 aromatic carbocycles. The highest BCUT2D eigenvalue weighted by Crippen LogP contribution is 2.22. The second-order valence-electron chi connectivity index (χ2n) is 5.97. The molecule has 134 valence electrons. The summed E-state index contributed by atoms with van der Waals surface area (Å²) in [6, 6.07) is 5.92. The maximum atomic E-state index is 11.9. The number of nitrogens with zero attached hydrogens (tertiary/aromatic N) is 4. The van der Waals surface area contributed by atoms with E-state index in [4.69, 9.17) is 4.74 Å². The molecule has 0 spiro atoms. The summed E-state index contributed by atoms with van der Waals surface area (Å²) in [6.45, 7) is 3.97. The summed E-state index contributed by atoms with van der Waals surface area (Å²) in [7, 11) is -3.07. The Labute approximate surface area is 149 Å². The zero-order chi connectivity index (χ0) is 18.0. The van der Waals surface area contributed by atoms with Crippen LogP contribution in [0.5, 0.6) is 0 Å². The van der Waals surface area contributed by atoms with Gasteiger partial charge in [-0.25, -0.2) is 8.42 Å². The largest absolute Gasteiger partial charge is 0.461 e. The van der Waals surface area contributed by atoms with Gasteiger partial charge in [-0.05, 0) is 42.3 Å². The van der Waals surface area contributed by atoms with Crippen LogP contribution in [0, 0.1) is 13.8 Å². The predicted molar refractivity (Wildman–Crippen MR) is 92.5 cm³/mol.